The molecule has 0 saturated carbocycles. The zero-order chi connectivity index (χ0) is 13.9. The van der Waals surface area contributed by atoms with Gasteiger partial charge in [-0.15, -0.1) is 13.2 Å². The number of aromatic hydroxyl groups is 1. The molecule has 1 rings (SSSR count). The Bertz CT molecular complexity index is 481. The number of nitriles is 1. The molecule has 1 aromatic heterocycles. The summed E-state index contributed by atoms with van der Waals surface area (Å²) >= 11 is 0. The van der Waals surface area contributed by atoms with Crippen molar-refractivity contribution in [3.05, 3.63) is 17.3 Å². The predicted octanol–water partition coefficient (Wildman–Crippen LogP) is 2.69. The third-order valence-corrected chi connectivity index (χ3v) is 1.77. The van der Waals surface area contributed by atoms with Crippen LogP contribution in [0.3, 0.4) is 0 Å². The molecule has 0 bridgehead atoms. The molecular formula is C9H5F5N2O2. The van der Waals surface area contributed by atoms with E-state index in [9.17, 15) is 27.1 Å². The second kappa shape index (κ2) is 5.03. The monoisotopic (exact) mass is 268 g/mol. The van der Waals surface area contributed by atoms with Crippen LogP contribution < -0.4 is 4.74 Å². The highest BCUT2D eigenvalue weighted by Crippen LogP contribution is 2.34. The second-order valence-electron chi connectivity index (χ2n) is 3.03. The molecule has 9 heteroatoms. The van der Waals surface area contributed by atoms with Crippen LogP contribution in [0, 0.1) is 11.3 Å². The first kappa shape index (κ1) is 14.0. The third-order valence-electron chi connectivity index (χ3n) is 1.77. The molecule has 0 aromatic carbocycles. The molecule has 0 spiro atoms. The fourth-order valence-electron chi connectivity index (χ4n) is 1.09. The van der Waals surface area contributed by atoms with Crippen molar-refractivity contribution in [2.45, 2.75) is 19.2 Å². The van der Waals surface area contributed by atoms with Crippen molar-refractivity contribution in [2.75, 3.05) is 0 Å². The first-order valence-electron chi connectivity index (χ1n) is 4.38. The number of hydrogen-bond acceptors (Lipinski definition) is 4. The maximum absolute atomic E-state index is 12.4. The summed E-state index contributed by atoms with van der Waals surface area (Å²) in [7, 11) is 0. The molecule has 1 heterocycles. The molecule has 0 unspecified atom stereocenters. The van der Waals surface area contributed by atoms with E-state index in [0.29, 0.717) is 6.07 Å². The van der Waals surface area contributed by atoms with Crippen LogP contribution in [0.2, 0.25) is 0 Å². The van der Waals surface area contributed by atoms with Gasteiger partial charge in [0.2, 0.25) is 5.88 Å². The maximum Gasteiger partial charge on any atom is 0.574 e. The highest BCUT2D eigenvalue weighted by Gasteiger charge is 2.34. The van der Waals surface area contributed by atoms with Gasteiger partial charge in [0.1, 0.15) is 11.4 Å². The van der Waals surface area contributed by atoms with Crippen LogP contribution in [0.25, 0.3) is 0 Å². The Balaban J connectivity index is 3.27. The van der Waals surface area contributed by atoms with E-state index < -0.39 is 42.1 Å². The van der Waals surface area contributed by atoms with Gasteiger partial charge in [-0.25, -0.2) is 13.8 Å². The quantitative estimate of drug-likeness (QED) is 0.856. The maximum atomic E-state index is 12.4. The normalized spacial score (nSPS) is 11.4. The predicted molar refractivity (Wildman–Crippen MR) is 46.9 cm³/mol. The van der Waals surface area contributed by atoms with E-state index in [1.807, 2.05) is 0 Å². The molecule has 4 nitrogen and oxygen atoms in total. The van der Waals surface area contributed by atoms with E-state index in [-0.39, 0.29) is 0 Å². The molecule has 98 valence electrons. The lowest BCUT2D eigenvalue weighted by molar-refractivity contribution is -0.276. The lowest BCUT2D eigenvalue weighted by Gasteiger charge is -2.13. The van der Waals surface area contributed by atoms with Crippen molar-refractivity contribution in [2.24, 2.45) is 0 Å². The van der Waals surface area contributed by atoms with Gasteiger partial charge in [0.25, 0.3) is 6.43 Å². The molecule has 0 radical (unpaired) electrons. The van der Waals surface area contributed by atoms with E-state index in [1.54, 1.807) is 0 Å². The van der Waals surface area contributed by atoms with Gasteiger partial charge >= 0.3 is 6.36 Å². The van der Waals surface area contributed by atoms with Crippen LogP contribution in [-0.2, 0) is 6.42 Å². The summed E-state index contributed by atoms with van der Waals surface area (Å²) in [6, 6.07) is 1.91. The molecule has 18 heavy (non-hydrogen) atoms. The molecule has 0 saturated heterocycles. The van der Waals surface area contributed by atoms with Crippen LogP contribution in [0.15, 0.2) is 6.07 Å². The number of pyridine rings is 1. The van der Waals surface area contributed by atoms with Crippen molar-refractivity contribution < 1.29 is 31.8 Å². The Kier molecular flexibility index (Phi) is 3.90. The lowest BCUT2D eigenvalue weighted by Crippen LogP contribution is -2.19. The van der Waals surface area contributed by atoms with Gasteiger partial charge in [0.05, 0.1) is 18.1 Å². The zero-order valence-electron chi connectivity index (χ0n) is 8.50. The number of hydrogen-bond donors (Lipinski definition) is 1. The highest BCUT2D eigenvalue weighted by molar-refractivity contribution is 5.39. The van der Waals surface area contributed by atoms with Crippen molar-refractivity contribution in [3.63, 3.8) is 0 Å². The zero-order valence-corrected chi connectivity index (χ0v) is 8.50. The number of rotatable bonds is 3. The minimum Gasteiger partial charge on any atom is -0.506 e. The van der Waals surface area contributed by atoms with Gasteiger partial charge in [-0.1, -0.05) is 0 Å². The number of nitrogens with zero attached hydrogens (tertiary/aromatic N) is 2. The Labute approximate surface area is 97.2 Å². The van der Waals surface area contributed by atoms with Gasteiger partial charge in [-0.2, -0.15) is 5.26 Å². The standard InChI is InChI=1S/C9H5F5N2O2/c10-7(11)4-3-6(17)5(1-2-15)16-8(4)18-9(12,13)14/h3,7,17H,1H2. The Morgan fingerprint density at radius 3 is 2.50 bits per heavy atom. The van der Waals surface area contributed by atoms with Crippen molar-refractivity contribution in [1.29, 1.82) is 5.26 Å². The molecular weight excluding hydrogens is 263 g/mol. The molecule has 0 amide bonds. The van der Waals surface area contributed by atoms with E-state index >= 15 is 0 Å². The van der Waals surface area contributed by atoms with E-state index in [4.69, 9.17) is 5.26 Å². The van der Waals surface area contributed by atoms with Gasteiger partial charge in [0.15, 0.2) is 0 Å². The van der Waals surface area contributed by atoms with Gasteiger partial charge < -0.3 is 9.84 Å². The summed E-state index contributed by atoms with van der Waals surface area (Å²) in [5.41, 5.74) is -1.67. The Morgan fingerprint density at radius 2 is 2.06 bits per heavy atom. The van der Waals surface area contributed by atoms with Crippen LogP contribution in [0.5, 0.6) is 11.6 Å². The first-order chi connectivity index (χ1) is 8.24. The lowest BCUT2D eigenvalue weighted by atomic mass is 10.2. The van der Waals surface area contributed by atoms with E-state index in [2.05, 4.69) is 9.72 Å². The summed E-state index contributed by atoms with van der Waals surface area (Å²) in [5, 5.41) is 17.5. The number of ether oxygens (including phenoxy) is 1. The summed E-state index contributed by atoms with van der Waals surface area (Å²) < 4.78 is 64.1. The van der Waals surface area contributed by atoms with Gasteiger partial charge in [-0.3, -0.25) is 0 Å². The van der Waals surface area contributed by atoms with Crippen LogP contribution >= 0.6 is 0 Å². The molecule has 0 atom stereocenters. The topological polar surface area (TPSA) is 66.1 Å². The first-order valence-corrected chi connectivity index (χ1v) is 4.38. The Morgan fingerprint density at radius 1 is 1.44 bits per heavy atom. The fourth-order valence-corrected chi connectivity index (χ4v) is 1.09. The highest BCUT2D eigenvalue weighted by atomic mass is 19.4. The molecule has 0 aliphatic carbocycles. The fraction of sp³-hybridized carbons (Fsp3) is 0.333. The summed E-state index contributed by atoms with van der Waals surface area (Å²) in [6.45, 7) is 0. The smallest absolute Gasteiger partial charge is 0.506 e. The van der Waals surface area contributed by atoms with Gasteiger partial charge in [-0.05, 0) is 6.07 Å². The van der Waals surface area contributed by atoms with Crippen molar-refractivity contribution in [1.82, 2.24) is 4.98 Å². The van der Waals surface area contributed by atoms with E-state index in [0.717, 1.165) is 0 Å². The minimum absolute atomic E-state index is 0.394. The minimum atomic E-state index is -5.20. The van der Waals surface area contributed by atoms with Crippen molar-refractivity contribution in [3.8, 4) is 17.7 Å². The van der Waals surface area contributed by atoms with Crippen LogP contribution in [0.1, 0.15) is 17.7 Å². The molecule has 0 aliphatic rings. The number of aromatic nitrogens is 1. The Hall–Kier alpha value is -2.11. The SMILES string of the molecule is N#CCc1nc(OC(F)(F)F)c(C(F)F)cc1O. The molecule has 1 N–H and O–H groups in total. The average molecular weight is 268 g/mol. The van der Waals surface area contributed by atoms with Crippen molar-refractivity contribution >= 4 is 0 Å². The average Bonchev–Trinajstić information content (AvgIpc) is 2.20. The molecule has 1 aromatic rings. The number of alkyl halides is 5. The second-order valence-corrected chi connectivity index (χ2v) is 3.03. The largest absolute Gasteiger partial charge is 0.574 e. The van der Waals surface area contributed by atoms with Crippen LogP contribution in [0.4, 0.5) is 22.0 Å². The van der Waals surface area contributed by atoms with Gasteiger partial charge in [0, 0.05) is 0 Å². The number of halogens is 5. The summed E-state index contributed by atoms with van der Waals surface area (Å²) in [4.78, 5) is 3.07. The summed E-state index contributed by atoms with van der Waals surface area (Å²) in [6.07, 6.45) is -9.04. The molecule has 0 fully saturated rings. The summed E-state index contributed by atoms with van der Waals surface area (Å²) in [5.74, 6) is -2.16. The third kappa shape index (κ3) is 3.44. The van der Waals surface area contributed by atoms with E-state index in [1.165, 1.54) is 6.07 Å². The van der Waals surface area contributed by atoms with Crippen LogP contribution in [-0.4, -0.2) is 16.5 Å². The molecule has 0 aliphatic heterocycles.